The van der Waals surface area contributed by atoms with E-state index < -0.39 is 19.9 Å². The molecule has 0 bridgehead atoms. The van der Waals surface area contributed by atoms with Crippen molar-refractivity contribution in [2.45, 2.75) is 19.3 Å². The molecule has 0 aromatic carbocycles. The van der Waals surface area contributed by atoms with Gasteiger partial charge in [-0.05, 0) is 31.2 Å². The summed E-state index contributed by atoms with van der Waals surface area (Å²) in [6.07, 6.45) is 5.07. The average Bonchev–Trinajstić information content (AvgIpc) is 2.79. The molecule has 0 saturated carbocycles. The van der Waals surface area contributed by atoms with Gasteiger partial charge in [0.2, 0.25) is 16.0 Å². The molecule has 1 aromatic heterocycles. The van der Waals surface area contributed by atoms with Crippen LogP contribution in [0.5, 0.6) is 0 Å². The van der Waals surface area contributed by atoms with Gasteiger partial charge >= 0.3 is 0 Å². The van der Waals surface area contributed by atoms with Gasteiger partial charge in [0.15, 0.2) is 9.84 Å². The van der Waals surface area contributed by atoms with Crippen molar-refractivity contribution in [3.05, 3.63) is 18.5 Å². The molecular weight excluding hydrogens is 364 g/mol. The Kier molecular flexibility index (Phi) is 5.59. The van der Waals surface area contributed by atoms with E-state index in [1.165, 1.54) is 4.31 Å². The Hall–Kier alpha value is -1.26. The summed E-state index contributed by atoms with van der Waals surface area (Å²) >= 11 is 0. The lowest BCUT2D eigenvalue weighted by Crippen LogP contribution is -2.37. The maximum Gasteiger partial charge on any atom is 0.225 e. The van der Waals surface area contributed by atoms with Gasteiger partial charge in [-0.25, -0.2) is 31.1 Å². The SMILES string of the molecule is O=S1(=O)CCC(CCS(=O)(=O)N2CCCN(c3ncccn3)CC2)C1. The van der Waals surface area contributed by atoms with Gasteiger partial charge in [0.1, 0.15) is 0 Å². The van der Waals surface area contributed by atoms with Crippen LogP contribution in [-0.2, 0) is 19.9 Å². The van der Waals surface area contributed by atoms with E-state index in [0.29, 0.717) is 38.4 Å². The van der Waals surface area contributed by atoms with E-state index in [-0.39, 0.29) is 23.2 Å². The fourth-order valence-corrected chi connectivity index (χ4v) is 6.94. The van der Waals surface area contributed by atoms with Gasteiger partial charge in [0.25, 0.3) is 0 Å². The van der Waals surface area contributed by atoms with Gasteiger partial charge in [-0.3, -0.25) is 0 Å². The van der Waals surface area contributed by atoms with Crippen molar-refractivity contribution in [2.24, 2.45) is 5.92 Å². The fraction of sp³-hybridized carbons (Fsp3) is 0.733. The first-order chi connectivity index (χ1) is 11.9. The molecule has 10 heteroatoms. The van der Waals surface area contributed by atoms with Crippen molar-refractivity contribution >= 4 is 25.8 Å². The quantitative estimate of drug-likeness (QED) is 0.707. The summed E-state index contributed by atoms with van der Waals surface area (Å²) in [5.74, 6) is 0.934. The lowest BCUT2D eigenvalue weighted by Gasteiger charge is -2.22. The Morgan fingerprint density at radius 2 is 1.88 bits per heavy atom. The topological polar surface area (TPSA) is 101 Å². The monoisotopic (exact) mass is 388 g/mol. The summed E-state index contributed by atoms with van der Waals surface area (Å²) in [5.41, 5.74) is 0. The molecule has 2 saturated heterocycles. The molecular formula is C15H24N4O4S2. The van der Waals surface area contributed by atoms with Crippen molar-refractivity contribution in [1.29, 1.82) is 0 Å². The molecule has 25 heavy (non-hydrogen) atoms. The zero-order valence-electron chi connectivity index (χ0n) is 14.1. The molecule has 0 amide bonds. The largest absolute Gasteiger partial charge is 0.339 e. The lowest BCUT2D eigenvalue weighted by atomic mass is 10.1. The Bertz CT molecular complexity index is 783. The number of hydrogen-bond acceptors (Lipinski definition) is 7. The molecule has 0 spiro atoms. The smallest absolute Gasteiger partial charge is 0.225 e. The summed E-state index contributed by atoms with van der Waals surface area (Å²) in [7, 11) is -6.33. The van der Waals surface area contributed by atoms with Crippen LogP contribution in [0.1, 0.15) is 19.3 Å². The van der Waals surface area contributed by atoms with Crippen molar-refractivity contribution in [2.75, 3.05) is 48.3 Å². The van der Waals surface area contributed by atoms with Gasteiger partial charge in [-0.15, -0.1) is 0 Å². The van der Waals surface area contributed by atoms with Crippen LogP contribution in [0.4, 0.5) is 5.95 Å². The molecule has 1 atom stereocenters. The van der Waals surface area contributed by atoms with Gasteiger partial charge < -0.3 is 4.90 Å². The van der Waals surface area contributed by atoms with Crippen molar-refractivity contribution < 1.29 is 16.8 Å². The van der Waals surface area contributed by atoms with Crippen LogP contribution in [0.2, 0.25) is 0 Å². The normalized spacial score (nSPS) is 25.0. The summed E-state index contributed by atoms with van der Waals surface area (Å²) in [4.78, 5) is 10.4. The van der Waals surface area contributed by atoms with E-state index in [1.807, 2.05) is 4.90 Å². The highest BCUT2D eigenvalue weighted by molar-refractivity contribution is 7.91. The van der Waals surface area contributed by atoms with Crippen LogP contribution in [0.15, 0.2) is 18.5 Å². The van der Waals surface area contributed by atoms with E-state index in [4.69, 9.17) is 0 Å². The first kappa shape index (κ1) is 18.5. The fourth-order valence-electron chi connectivity index (χ4n) is 3.37. The molecule has 0 aliphatic carbocycles. The minimum absolute atomic E-state index is 0.0228. The van der Waals surface area contributed by atoms with E-state index in [0.717, 1.165) is 13.0 Å². The van der Waals surface area contributed by atoms with Crippen molar-refractivity contribution in [3.63, 3.8) is 0 Å². The number of sulfone groups is 1. The summed E-state index contributed by atoms with van der Waals surface area (Å²) in [6, 6.07) is 1.75. The zero-order chi connectivity index (χ0) is 17.9. The lowest BCUT2D eigenvalue weighted by molar-refractivity contribution is 0.427. The number of hydrogen-bond donors (Lipinski definition) is 0. The average molecular weight is 389 g/mol. The third-order valence-corrected chi connectivity index (χ3v) is 8.53. The Morgan fingerprint density at radius 1 is 1.12 bits per heavy atom. The maximum atomic E-state index is 12.6. The van der Waals surface area contributed by atoms with Gasteiger partial charge in [0.05, 0.1) is 17.3 Å². The molecule has 8 nitrogen and oxygen atoms in total. The van der Waals surface area contributed by atoms with Crippen LogP contribution in [0, 0.1) is 5.92 Å². The molecule has 1 unspecified atom stereocenters. The first-order valence-electron chi connectivity index (χ1n) is 8.56. The minimum Gasteiger partial charge on any atom is -0.339 e. The summed E-state index contributed by atoms with van der Waals surface area (Å²) in [5, 5.41) is 0. The first-order valence-corrected chi connectivity index (χ1v) is 12.0. The van der Waals surface area contributed by atoms with E-state index in [9.17, 15) is 16.8 Å². The predicted octanol–water partition coefficient (Wildman–Crippen LogP) is 0.143. The molecule has 0 N–H and O–H groups in total. The molecule has 0 radical (unpaired) electrons. The van der Waals surface area contributed by atoms with Crippen molar-refractivity contribution in [1.82, 2.24) is 14.3 Å². The molecule has 3 heterocycles. The predicted molar refractivity (Wildman–Crippen MR) is 95.6 cm³/mol. The Morgan fingerprint density at radius 3 is 2.56 bits per heavy atom. The van der Waals surface area contributed by atoms with E-state index in [1.54, 1.807) is 18.5 Å². The second-order valence-corrected chi connectivity index (χ2v) is 11.0. The Labute approximate surface area is 149 Å². The van der Waals surface area contributed by atoms with Crippen molar-refractivity contribution in [3.8, 4) is 0 Å². The molecule has 1 aromatic rings. The molecule has 2 fully saturated rings. The number of nitrogens with zero attached hydrogens (tertiary/aromatic N) is 4. The van der Waals surface area contributed by atoms with Crippen LogP contribution >= 0.6 is 0 Å². The zero-order valence-corrected chi connectivity index (χ0v) is 15.8. The van der Waals surface area contributed by atoms with E-state index >= 15 is 0 Å². The molecule has 140 valence electrons. The molecule has 3 rings (SSSR count). The highest BCUT2D eigenvalue weighted by Gasteiger charge is 2.31. The number of rotatable bonds is 5. The van der Waals surface area contributed by atoms with Crippen LogP contribution in [-0.4, -0.2) is 74.5 Å². The van der Waals surface area contributed by atoms with Gasteiger partial charge in [-0.2, -0.15) is 0 Å². The Balaban J connectivity index is 1.56. The van der Waals surface area contributed by atoms with Crippen LogP contribution in [0.3, 0.4) is 0 Å². The number of sulfonamides is 1. The third kappa shape index (κ3) is 4.89. The standard InChI is InChI=1S/C15H24N4O4S2/c20-24(21)11-3-14(13-24)4-12-25(22,23)19-8-2-7-18(9-10-19)15-16-5-1-6-17-15/h1,5-6,14H,2-4,7-13H2. The molecule has 2 aliphatic heterocycles. The van der Waals surface area contributed by atoms with Gasteiger partial charge in [-0.1, -0.05) is 0 Å². The van der Waals surface area contributed by atoms with Crippen LogP contribution in [0.25, 0.3) is 0 Å². The second-order valence-electron chi connectivity index (χ2n) is 6.66. The summed E-state index contributed by atoms with van der Waals surface area (Å²) < 4.78 is 49.8. The third-order valence-electron chi connectivity index (χ3n) is 4.79. The summed E-state index contributed by atoms with van der Waals surface area (Å²) in [6.45, 7) is 2.16. The highest BCUT2D eigenvalue weighted by Crippen LogP contribution is 2.23. The van der Waals surface area contributed by atoms with Crippen LogP contribution < -0.4 is 4.90 Å². The van der Waals surface area contributed by atoms with Gasteiger partial charge in [0, 0.05) is 38.6 Å². The molecule has 2 aliphatic rings. The maximum absolute atomic E-state index is 12.6. The minimum atomic E-state index is -3.37. The highest BCUT2D eigenvalue weighted by atomic mass is 32.2. The van der Waals surface area contributed by atoms with E-state index in [2.05, 4.69) is 9.97 Å². The number of anilines is 1. The second kappa shape index (κ2) is 7.55. The number of aromatic nitrogens is 2.